The number of piperidine rings is 1. The second-order valence-electron chi connectivity index (χ2n) is 8.96. The Morgan fingerprint density at radius 1 is 1.16 bits per heavy atom. The lowest BCUT2D eigenvalue weighted by atomic mass is 9.88. The van der Waals surface area contributed by atoms with E-state index in [4.69, 9.17) is 11.6 Å². The molecule has 1 N–H and O–H groups in total. The van der Waals surface area contributed by atoms with Crippen molar-refractivity contribution in [2.75, 3.05) is 13.1 Å². The maximum atomic E-state index is 14.1. The van der Waals surface area contributed by atoms with Crippen molar-refractivity contribution < 1.29 is 9.18 Å². The Labute approximate surface area is 190 Å². The number of aryl methyl sites for hydroxylation is 2. The number of fused-ring (bicyclic) bond motifs is 1. The fourth-order valence-corrected chi connectivity index (χ4v) is 5.16. The topological polar surface area (TPSA) is 32.3 Å². The van der Waals surface area contributed by atoms with Crippen LogP contribution in [-0.4, -0.2) is 23.9 Å². The van der Waals surface area contributed by atoms with Crippen molar-refractivity contribution in [3.05, 3.63) is 69.5 Å². The Hall–Kier alpha value is -1.91. The predicted molar refractivity (Wildman–Crippen MR) is 124 cm³/mol. The molecule has 2 aliphatic rings. The van der Waals surface area contributed by atoms with Crippen LogP contribution in [0, 0.1) is 11.7 Å². The van der Waals surface area contributed by atoms with Crippen LogP contribution in [-0.2, 0) is 24.2 Å². The molecule has 0 spiro atoms. The molecule has 0 unspecified atom stereocenters. The largest absolute Gasteiger partial charge is 0.349 e. The highest BCUT2D eigenvalue weighted by Crippen LogP contribution is 2.28. The summed E-state index contributed by atoms with van der Waals surface area (Å²) in [5, 5.41) is 3.77. The normalized spacial score (nSPS) is 18.4. The highest BCUT2D eigenvalue weighted by atomic mass is 35.5. The molecular weight excluding hydrogens is 411 g/mol. The standard InChI is InChI=1S/C26H32ClFN2O/c1-2-25(21-11-10-18-6-3-4-7-20(18)16-21)29-26(31)19-12-14-30(15-13-19)17-22-23(27)8-5-9-24(22)28/h5,8-11,16,19,25H,2-4,6-7,12-15,17H2,1H3,(H,29,31)/t25-/m1/s1. The monoisotopic (exact) mass is 442 g/mol. The number of benzene rings is 2. The van der Waals surface area contributed by atoms with Gasteiger partial charge in [0, 0.05) is 23.0 Å². The molecule has 1 saturated heterocycles. The van der Waals surface area contributed by atoms with Crippen molar-refractivity contribution >= 4 is 17.5 Å². The van der Waals surface area contributed by atoms with Crippen LogP contribution < -0.4 is 5.32 Å². The maximum absolute atomic E-state index is 14.1. The van der Waals surface area contributed by atoms with Gasteiger partial charge in [-0.1, -0.05) is 42.8 Å². The number of amides is 1. The van der Waals surface area contributed by atoms with E-state index in [1.807, 2.05) is 0 Å². The molecule has 3 nitrogen and oxygen atoms in total. The summed E-state index contributed by atoms with van der Waals surface area (Å²) in [5.74, 6) is -0.102. The highest BCUT2D eigenvalue weighted by molar-refractivity contribution is 6.31. The van der Waals surface area contributed by atoms with Gasteiger partial charge in [-0.15, -0.1) is 0 Å². The zero-order valence-electron chi connectivity index (χ0n) is 18.3. The molecule has 1 aliphatic carbocycles. The van der Waals surface area contributed by atoms with E-state index in [-0.39, 0.29) is 23.7 Å². The minimum absolute atomic E-state index is 0.0130. The van der Waals surface area contributed by atoms with E-state index in [1.165, 1.54) is 42.0 Å². The molecule has 2 aromatic rings. The Morgan fingerprint density at radius 3 is 2.61 bits per heavy atom. The van der Waals surface area contributed by atoms with E-state index in [1.54, 1.807) is 12.1 Å². The number of nitrogens with one attached hydrogen (secondary N) is 1. The number of carbonyl (C=O) groups is 1. The van der Waals surface area contributed by atoms with E-state index >= 15 is 0 Å². The summed E-state index contributed by atoms with van der Waals surface area (Å²) >= 11 is 6.17. The molecule has 31 heavy (non-hydrogen) atoms. The van der Waals surface area contributed by atoms with E-state index in [0.29, 0.717) is 17.1 Å². The minimum atomic E-state index is -0.261. The van der Waals surface area contributed by atoms with Gasteiger partial charge in [-0.2, -0.15) is 0 Å². The molecule has 1 aliphatic heterocycles. The van der Waals surface area contributed by atoms with Gasteiger partial charge in [0.15, 0.2) is 0 Å². The smallest absolute Gasteiger partial charge is 0.223 e. The first-order valence-electron chi connectivity index (χ1n) is 11.6. The van der Waals surface area contributed by atoms with Crippen molar-refractivity contribution in [3.8, 4) is 0 Å². The molecule has 0 bridgehead atoms. The van der Waals surface area contributed by atoms with E-state index < -0.39 is 0 Å². The first-order valence-corrected chi connectivity index (χ1v) is 12.0. The van der Waals surface area contributed by atoms with Crippen LogP contribution in [0.15, 0.2) is 36.4 Å². The van der Waals surface area contributed by atoms with Gasteiger partial charge in [0.25, 0.3) is 0 Å². The van der Waals surface area contributed by atoms with E-state index in [0.717, 1.165) is 38.8 Å². The summed E-state index contributed by atoms with van der Waals surface area (Å²) in [5.41, 5.74) is 4.70. The average molecular weight is 443 g/mol. The third-order valence-electron chi connectivity index (χ3n) is 6.90. The number of rotatable bonds is 6. The van der Waals surface area contributed by atoms with Crippen LogP contribution in [0.3, 0.4) is 0 Å². The molecule has 4 rings (SSSR count). The molecule has 1 atom stereocenters. The Morgan fingerprint density at radius 2 is 1.90 bits per heavy atom. The van der Waals surface area contributed by atoms with Crippen LogP contribution in [0.2, 0.25) is 5.02 Å². The summed E-state index contributed by atoms with van der Waals surface area (Å²) < 4.78 is 14.1. The van der Waals surface area contributed by atoms with Crippen LogP contribution in [0.1, 0.15) is 67.3 Å². The van der Waals surface area contributed by atoms with Crippen molar-refractivity contribution in [2.45, 2.75) is 64.5 Å². The minimum Gasteiger partial charge on any atom is -0.349 e. The molecule has 2 aromatic carbocycles. The number of hydrogen-bond acceptors (Lipinski definition) is 2. The predicted octanol–water partition coefficient (Wildman–Crippen LogP) is 5.84. The fourth-order valence-electron chi connectivity index (χ4n) is 4.94. The summed E-state index contributed by atoms with van der Waals surface area (Å²) in [6, 6.07) is 11.6. The molecular formula is C26H32ClFN2O. The number of carbonyl (C=O) groups excluding carboxylic acids is 1. The third-order valence-corrected chi connectivity index (χ3v) is 7.26. The first kappa shape index (κ1) is 22.3. The summed E-state index contributed by atoms with van der Waals surface area (Å²) in [6.07, 6.45) is 7.33. The maximum Gasteiger partial charge on any atom is 0.223 e. The van der Waals surface area contributed by atoms with Gasteiger partial charge in [-0.3, -0.25) is 9.69 Å². The second kappa shape index (κ2) is 10.1. The van der Waals surface area contributed by atoms with Crippen LogP contribution in [0.25, 0.3) is 0 Å². The summed E-state index contributed by atoms with van der Waals surface area (Å²) in [7, 11) is 0. The molecule has 5 heteroatoms. The van der Waals surface area contributed by atoms with Crippen LogP contribution >= 0.6 is 11.6 Å². The number of hydrogen-bond donors (Lipinski definition) is 1. The zero-order chi connectivity index (χ0) is 21.8. The first-order chi connectivity index (χ1) is 15.0. The average Bonchev–Trinajstić information content (AvgIpc) is 2.80. The van der Waals surface area contributed by atoms with E-state index in [9.17, 15) is 9.18 Å². The molecule has 1 heterocycles. The lowest BCUT2D eigenvalue weighted by Gasteiger charge is -2.32. The SMILES string of the molecule is CC[C@@H](NC(=O)C1CCN(Cc2c(F)cccc2Cl)CC1)c1ccc2c(c1)CCCC2. The van der Waals surface area contributed by atoms with E-state index in [2.05, 4.69) is 35.3 Å². The van der Waals surface area contributed by atoms with Gasteiger partial charge in [0.1, 0.15) is 5.82 Å². The molecule has 166 valence electrons. The van der Waals surface area contributed by atoms with Crippen molar-refractivity contribution in [1.29, 1.82) is 0 Å². The van der Waals surface area contributed by atoms with Gasteiger partial charge in [0.05, 0.1) is 6.04 Å². The lowest BCUT2D eigenvalue weighted by Crippen LogP contribution is -2.41. The number of nitrogens with zero attached hydrogens (tertiary/aromatic N) is 1. The quantitative estimate of drug-likeness (QED) is 0.609. The number of likely N-dealkylation sites (tertiary alicyclic amines) is 1. The van der Waals surface area contributed by atoms with Gasteiger partial charge < -0.3 is 5.32 Å². The molecule has 1 fully saturated rings. The van der Waals surface area contributed by atoms with Crippen molar-refractivity contribution in [3.63, 3.8) is 0 Å². The van der Waals surface area contributed by atoms with Crippen LogP contribution in [0.4, 0.5) is 4.39 Å². The second-order valence-corrected chi connectivity index (χ2v) is 9.36. The molecule has 0 saturated carbocycles. The molecule has 1 amide bonds. The third kappa shape index (κ3) is 5.30. The molecule has 0 aromatic heterocycles. The van der Waals surface area contributed by atoms with Gasteiger partial charge >= 0.3 is 0 Å². The summed E-state index contributed by atoms with van der Waals surface area (Å²) in [4.78, 5) is 15.2. The van der Waals surface area contributed by atoms with Crippen molar-refractivity contribution in [2.24, 2.45) is 5.92 Å². The highest BCUT2D eigenvalue weighted by Gasteiger charge is 2.27. The zero-order valence-corrected chi connectivity index (χ0v) is 19.1. The fraction of sp³-hybridized carbons (Fsp3) is 0.500. The van der Waals surface area contributed by atoms with Crippen molar-refractivity contribution in [1.82, 2.24) is 10.2 Å². The Balaban J connectivity index is 1.33. The molecule has 0 radical (unpaired) electrons. The Bertz CT molecular complexity index is 903. The lowest BCUT2D eigenvalue weighted by molar-refractivity contribution is -0.127. The summed E-state index contributed by atoms with van der Waals surface area (Å²) in [6.45, 7) is 4.18. The van der Waals surface area contributed by atoms with Gasteiger partial charge in [-0.25, -0.2) is 4.39 Å². The van der Waals surface area contributed by atoms with Gasteiger partial charge in [-0.05, 0) is 86.9 Å². The van der Waals surface area contributed by atoms with Gasteiger partial charge in [0.2, 0.25) is 5.91 Å². The Kier molecular flexibility index (Phi) is 7.29. The van der Waals surface area contributed by atoms with Crippen LogP contribution in [0.5, 0.6) is 0 Å². The number of halogens is 2.